The van der Waals surface area contributed by atoms with E-state index in [4.69, 9.17) is 4.74 Å². The number of aliphatic hydroxyl groups is 1. The molecule has 2 heteroatoms. The third-order valence-corrected chi connectivity index (χ3v) is 11.8. The monoisotopic (exact) mass is 428 g/mol. The maximum atomic E-state index is 10.4. The molecule has 1 N–H and O–H groups in total. The summed E-state index contributed by atoms with van der Waals surface area (Å²) < 4.78 is 6.52. The first kappa shape index (κ1) is 22.5. The van der Waals surface area contributed by atoms with Crippen molar-refractivity contribution in [1.29, 1.82) is 0 Å². The fraction of sp³-hybridized carbons (Fsp3) is 0.931. The van der Waals surface area contributed by atoms with E-state index < -0.39 is 0 Å². The van der Waals surface area contributed by atoms with Crippen LogP contribution in [0.3, 0.4) is 0 Å². The van der Waals surface area contributed by atoms with Crippen molar-refractivity contribution in [3.8, 4) is 0 Å². The molecule has 1 heterocycles. The van der Waals surface area contributed by atoms with Crippen molar-refractivity contribution < 1.29 is 9.84 Å². The van der Waals surface area contributed by atoms with Crippen molar-refractivity contribution in [3.63, 3.8) is 0 Å². The number of epoxide rings is 1. The molecule has 2 nitrogen and oxygen atoms in total. The molecule has 176 valence electrons. The smallest absolute Gasteiger partial charge is 0.103 e. The number of hydrogen-bond acceptors (Lipinski definition) is 2. The highest BCUT2D eigenvalue weighted by Crippen LogP contribution is 2.74. The first-order chi connectivity index (χ1) is 14.7. The van der Waals surface area contributed by atoms with Crippen LogP contribution in [0.4, 0.5) is 0 Å². The van der Waals surface area contributed by atoms with Crippen LogP contribution in [-0.4, -0.2) is 22.9 Å². The summed E-state index contributed by atoms with van der Waals surface area (Å²) in [6, 6.07) is 0. The van der Waals surface area contributed by atoms with Crippen molar-refractivity contribution in [2.24, 2.45) is 46.3 Å². The Hall–Kier alpha value is -0.340. The van der Waals surface area contributed by atoms with Gasteiger partial charge in [0.1, 0.15) is 5.60 Å². The molecule has 5 rings (SSSR count). The SMILES string of the molecule is C/C=C(\CC[C@@H](C)C1CCC2C3C[C@H]4O[C@]45C[C@@H](O)CC[C@]5(C)C3CC[C@@]21C)C(C)C. The lowest BCUT2D eigenvalue weighted by atomic mass is 9.44. The third kappa shape index (κ3) is 3.17. The predicted molar refractivity (Wildman–Crippen MR) is 128 cm³/mol. The number of rotatable bonds is 5. The second kappa shape index (κ2) is 7.59. The van der Waals surface area contributed by atoms with Crippen molar-refractivity contribution in [1.82, 2.24) is 0 Å². The molecule has 1 saturated heterocycles. The highest BCUT2D eigenvalue weighted by Gasteiger charge is 2.76. The Bertz CT molecular complexity index is 726. The Kier molecular flexibility index (Phi) is 5.50. The number of allylic oxidation sites excluding steroid dienone is 2. The topological polar surface area (TPSA) is 32.8 Å². The third-order valence-electron chi connectivity index (χ3n) is 11.8. The second-order valence-electron chi connectivity index (χ2n) is 13.2. The molecular formula is C29H48O2. The lowest BCUT2D eigenvalue weighted by Crippen LogP contribution is -2.58. The van der Waals surface area contributed by atoms with Gasteiger partial charge in [0.25, 0.3) is 0 Å². The molecule has 4 saturated carbocycles. The minimum atomic E-state index is -0.131. The Morgan fingerprint density at radius 3 is 2.55 bits per heavy atom. The van der Waals surface area contributed by atoms with E-state index in [9.17, 15) is 5.11 Å². The Morgan fingerprint density at radius 1 is 1.06 bits per heavy atom. The van der Waals surface area contributed by atoms with Gasteiger partial charge in [-0.25, -0.2) is 0 Å². The van der Waals surface area contributed by atoms with Gasteiger partial charge in [0, 0.05) is 11.8 Å². The summed E-state index contributed by atoms with van der Waals surface area (Å²) in [6.07, 6.45) is 15.4. The zero-order valence-electron chi connectivity index (χ0n) is 21.1. The molecular weight excluding hydrogens is 380 g/mol. The number of ether oxygens (including phenoxy) is 1. The van der Waals surface area contributed by atoms with E-state index in [1.54, 1.807) is 5.57 Å². The zero-order valence-corrected chi connectivity index (χ0v) is 21.1. The van der Waals surface area contributed by atoms with Crippen molar-refractivity contribution in [2.75, 3.05) is 0 Å². The molecule has 0 amide bonds. The highest BCUT2D eigenvalue weighted by atomic mass is 16.6. The molecule has 0 bridgehead atoms. The number of aliphatic hydroxyl groups excluding tert-OH is 1. The van der Waals surface area contributed by atoms with Gasteiger partial charge in [-0.2, -0.15) is 0 Å². The average molecular weight is 429 g/mol. The molecule has 0 aromatic heterocycles. The van der Waals surface area contributed by atoms with Gasteiger partial charge in [-0.3, -0.25) is 0 Å². The summed E-state index contributed by atoms with van der Waals surface area (Å²) in [4.78, 5) is 0. The van der Waals surface area contributed by atoms with Gasteiger partial charge in [-0.15, -0.1) is 0 Å². The van der Waals surface area contributed by atoms with Crippen molar-refractivity contribution in [3.05, 3.63) is 11.6 Å². The van der Waals surface area contributed by atoms with Crippen LogP contribution in [-0.2, 0) is 4.74 Å². The predicted octanol–water partition coefficient (Wildman–Crippen LogP) is 7.16. The summed E-state index contributed by atoms with van der Waals surface area (Å²) >= 11 is 0. The van der Waals surface area contributed by atoms with E-state index in [0.717, 1.165) is 42.4 Å². The van der Waals surface area contributed by atoms with Crippen LogP contribution in [0, 0.1) is 46.3 Å². The van der Waals surface area contributed by atoms with E-state index in [1.807, 2.05) is 0 Å². The van der Waals surface area contributed by atoms with Gasteiger partial charge in [0.2, 0.25) is 0 Å². The van der Waals surface area contributed by atoms with E-state index in [0.29, 0.717) is 22.9 Å². The summed E-state index contributed by atoms with van der Waals surface area (Å²) in [6.45, 7) is 14.7. The normalized spacial score (nSPS) is 52.2. The first-order valence-electron chi connectivity index (χ1n) is 13.7. The lowest BCUT2D eigenvalue weighted by Gasteiger charge is -2.59. The minimum Gasteiger partial charge on any atom is -0.393 e. The van der Waals surface area contributed by atoms with E-state index in [2.05, 4.69) is 47.6 Å². The summed E-state index contributed by atoms with van der Waals surface area (Å²) in [5.41, 5.74) is 2.53. The Morgan fingerprint density at radius 2 is 1.84 bits per heavy atom. The van der Waals surface area contributed by atoms with Gasteiger partial charge >= 0.3 is 0 Å². The van der Waals surface area contributed by atoms with Crippen LogP contribution in [0.2, 0.25) is 0 Å². The number of hydrogen-bond donors (Lipinski definition) is 1. The molecule has 0 aromatic rings. The van der Waals surface area contributed by atoms with Crippen LogP contribution >= 0.6 is 0 Å². The van der Waals surface area contributed by atoms with Crippen LogP contribution < -0.4 is 0 Å². The summed E-state index contributed by atoms with van der Waals surface area (Å²) in [7, 11) is 0. The molecule has 10 atom stereocenters. The maximum Gasteiger partial charge on any atom is 0.103 e. The quantitative estimate of drug-likeness (QED) is 0.372. The fourth-order valence-corrected chi connectivity index (χ4v) is 9.99. The van der Waals surface area contributed by atoms with Crippen LogP contribution in [0.25, 0.3) is 0 Å². The van der Waals surface area contributed by atoms with Crippen LogP contribution in [0.1, 0.15) is 106 Å². The summed E-state index contributed by atoms with van der Waals surface area (Å²) in [5, 5.41) is 10.4. The molecule has 1 aliphatic heterocycles. The second-order valence-corrected chi connectivity index (χ2v) is 13.2. The molecule has 4 unspecified atom stereocenters. The minimum absolute atomic E-state index is 0.0323. The molecule has 5 aliphatic rings. The lowest BCUT2D eigenvalue weighted by molar-refractivity contribution is -0.116. The van der Waals surface area contributed by atoms with Crippen molar-refractivity contribution >= 4 is 0 Å². The van der Waals surface area contributed by atoms with Gasteiger partial charge in [-0.1, -0.05) is 46.3 Å². The fourth-order valence-electron chi connectivity index (χ4n) is 9.99. The van der Waals surface area contributed by atoms with E-state index in [1.165, 1.54) is 51.4 Å². The van der Waals surface area contributed by atoms with Crippen molar-refractivity contribution in [2.45, 2.75) is 124 Å². The molecule has 0 aromatic carbocycles. The Labute approximate surface area is 191 Å². The van der Waals surface area contributed by atoms with Gasteiger partial charge in [-0.05, 0) is 106 Å². The van der Waals surface area contributed by atoms with Gasteiger partial charge < -0.3 is 9.84 Å². The molecule has 0 radical (unpaired) electrons. The zero-order chi connectivity index (χ0) is 22.2. The summed E-state index contributed by atoms with van der Waals surface area (Å²) in [5.74, 6) is 5.00. The standard InChI is InChI=1S/C29H48O2/c1-7-20(18(2)3)9-8-19(4)23-10-11-24-22-16-26-29(31-26)17-21(30)12-15-28(29,6)25(22)13-14-27(23,24)5/h7,18-19,21-26,30H,8-17H2,1-6H3/b20-7+/t19-,21+,22?,23?,24?,25?,26-,27-,28-,29-/m1/s1. The molecule has 1 spiro atoms. The van der Waals surface area contributed by atoms with Crippen LogP contribution in [0.5, 0.6) is 0 Å². The maximum absolute atomic E-state index is 10.4. The van der Waals surface area contributed by atoms with Gasteiger partial charge in [0.05, 0.1) is 12.2 Å². The van der Waals surface area contributed by atoms with Crippen LogP contribution in [0.15, 0.2) is 11.6 Å². The average Bonchev–Trinajstić information content (AvgIpc) is 3.29. The first-order valence-corrected chi connectivity index (χ1v) is 13.7. The molecule has 4 aliphatic carbocycles. The highest BCUT2D eigenvalue weighted by molar-refractivity contribution is 5.24. The molecule has 31 heavy (non-hydrogen) atoms. The van der Waals surface area contributed by atoms with E-state index >= 15 is 0 Å². The van der Waals surface area contributed by atoms with E-state index in [-0.39, 0.29) is 11.7 Å². The number of fused-ring (bicyclic) bond motifs is 4. The van der Waals surface area contributed by atoms with Gasteiger partial charge in [0.15, 0.2) is 0 Å². The largest absolute Gasteiger partial charge is 0.393 e. The Balaban J connectivity index is 1.32. The molecule has 5 fully saturated rings.